The molecule has 0 atom stereocenters. The molecule has 0 bridgehead atoms. The summed E-state index contributed by atoms with van der Waals surface area (Å²) in [6.07, 6.45) is 5.42. The van der Waals surface area contributed by atoms with Crippen LogP contribution in [0, 0.1) is 6.92 Å². The average molecular weight is 318 g/mol. The first-order chi connectivity index (χ1) is 11.6. The van der Waals surface area contributed by atoms with Gasteiger partial charge in [0.25, 0.3) is 5.91 Å². The molecule has 1 amide bonds. The standard InChI is InChI=1S/C19H18N4O/c1-13-18(12-22(2)21-13)15-5-3-14(4-6-15)10-23-11-16-7-8-20-9-17(16)19(23)24/h3-9,12H,10-11H2,1-2H3. The lowest BCUT2D eigenvalue weighted by Gasteiger charge is -2.15. The first kappa shape index (κ1) is 14.6. The van der Waals surface area contributed by atoms with Crippen molar-refractivity contribution in [1.29, 1.82) is 0 Å². The molecule has 1 aliphatic rings. The highest BCUT2D eigenvalue weighted by Gasteiger charge is 2.27. The van der Waals surface area contributed by atoms with Crippen molar-refractivity contribution in [2.45, 2.75) is 20.0 Å². The topological polar surface area (TPSA) is 51.0 Å². The molecule has 0 unspecified atom stereocenters. The number of aryl methyl sites for hydroxylation is 2. The normalized spacial score (nSPS) is 13.4. The molecule has 0 radical (unpaired) electrons. The van der Waals surface area contributed by atoms with Crippen molar-refractivity contribution >= 4 is 5.91 Å². The van der Waals surface area contributed by atoms with Crippen molar-refractivity contribution in [2.24, 2.45) is 7.05 Å². The molecule has 4 rings (SSSR count). The van der Waals surface area contributed by atoms with Gasteiger partial charge in [-0.1, -0.05) is 24.3 Å². The summed E-state index contributed by atoms with van der Waals surface area (Å²) in [6, 6.07) is 10.3. The number of amides is 1. The minimum absolute atomic E-state index is 0.0604. The van der Waals surface area contributed by atoms with Gasteiger partial charge in [-0.3, -0.25) is 14.5 Å². The molecule has 0 N–H and O–H groups in total. The molecule has 0 fully saturated rings. The number of nitrogens with zero attached hydrogens (tertiary/aromatic N) is 4. The quantitative estimate of drug-likeness (QED) is 0.746. The maximum Gasteiger partial charge on any atom is 0.256 e. The number of hydrogen-bond donors (Lipinski definition) is 0. The van der Waals surface area contributed by atoms with E-state index >= 15 is 0 Å². The van der Waals surface area contributed by atoms with Crippen molar-refractivity contribution in [1.82, 2.24) is 19.7 Å². The summed E-state index contributed by atoms with van der Waals surface area (Å²) < 4.78 is 1.83. The third-order valence-corrected chi connectivity index (χ3v) is 4.44. The Labute approximate surface area is 140 Å². The van der Waals surface area contributed by atoms with Crippen LogP contribution in [0.15, 0.2) is 48.9 Å². The Morgan fingerprint density at radius 1 is 1.12 bits per heavy atom. The van der Waals surface area contributed by atoms with E-state index in [2.05, 4.69) is 34.3 Å². The summed E-state index contributed by atoms with van der Waals surface area (Å²) in [4.78, 5) is 18.3. The number of benzene rings is 1. The third-order valence-electron chi connectivity index (χ3n) is 4.44. The predicted molar refractivity (Wildman–Crippen MR) is 91.2 cm³/mol. The average Bonchev–Trinajstić information content (AvgIpc) is 3.08. The van der Waals surface area contributed by atoms with Crippen LogP contribution in [0.25, 0.3) is 11.1 Å². The number of pyridine rings is 1. The minimum atomic E-state index is 0.0604. The largest absolute Gasteiger partial charge is 0.330 e. The Kier molecular flexibility index (Phi) is 3.41. The van der Waals surface area contributed by atoms with Crippen molar-refractivity contribution in [3.63, 3.8) is 0 Å². The zero-order valence-electron chi connectivity index (χ0n) is 13.7. The number of hydrogen-bond acceptors (Lipinski definition) is 3. The van der Waals surface area contributed by atoms with Gasteiger partial charge in [0.15, 0.2) is 0 Å². The summed E-state index contributed by atoms with van der Waals surface area (Å²) in [5.74, 6) is 0.0604. The molecule has 5 nitrogen and oxygen atoms in total. The van der Waals surface area contributed by atoms with E-state index in [-0.39, 0.29) is 5.91 Å². The summed E-state index contributed by atoms with van der Waals surface area (Å²) in [6.45, 7) is 3.28. The van der Waals surface area contributed by atoms with Gasteiger partial charge >= 0.3 is 0 Å². The van der Waals surface area contributed by atoms with E-state index in [9.17, 15) is 4.79 Å². The Morgan fingerprint density at radius 2 is 1.92 bits per heavy atom. The molecule has 0 aliphatic carbocycles. The number of carbonyl (C=O) groups excluding carboxylic acids is 1. The van der Waals surface area contributed by atoms with Crippen molar-refractivity contribution in [3.05, 3.63) is 71.3 Å². The van der Waals surface area contributed by atoms with E-state index in [1.807, 2.05) is 35.8 Å². The smallest absolute Gasteiger partial charge is 0.256 e. The van der Waals surface area contributed by atoms with Crippen LogP contribution in [0.4, 0.5) is 0 Å². The second-order valence-corrected chi connectivity index (χ2v) is 6.19. The third kappa shape index (κ3) is 2.48. The first-order valence-electron chi connectivity index (χ1n) is 7.93. The molecule has 1 aromatic carbocycles. The van der Waals surface area contributed by atoms with E-state index in [1.54, 1.807) is 12.4 Å². The molecule has 120 valence electrons. The predicted octanol–water partition coefficient (Wildman–Crippen LogP) is 2.95. The van der Waals surface area contributed by atoms with Gasteiger partial charge in [0.05, 0.1) is 11.3 Å². The van der Waals surface area contributed by atoms with Crippen LogP contribution in [0.5, 0.6) is 0 Å². The minimum Gasteiger partial charge on any atom is -0.330 e. The van der Waals surface area contributed by atoms with Gasteiger partial charge in [0.2, 0.25) is 0 Å². The summed E-state index contributed by atoms with van der Waals surface area (Å²) in [7, 11) is 1.93. The SMILES string of the molecule is Cc1nn(C)cc1-c1ccc(CN2Cc3ccncc3C2=O)cc1. The second-order valence-electron chi connectivity index (χ2n) is 6.19. The Hall–Kier alpha value is -2.95. The van der Waals surface area contributed by atoms with Crippen LogP contribution < -0.4 is 0 Å². The lowest BCUT2D eigenvalue weighted by atomic mass is 10.0. The lowest BCUT2D eigenvalue weighted by Crippen LogP contribution is -2.23. The van der Waals surface area contributed by atoms with Crippen LogP contribution in [0.2, 0.25) is 0 Å². The van der Waals surface area contributed by atoms with Crippen molar-refractivity contribution in [3.8, 4) is 11.1 Å². The molecule has 1 aliphatic heterocycles. The Morgan fingerprint density at radius 3 is 2.58 bits per heavy atom. The highest BCUT2D eigenvalue weighted by atomic mass is 16.2. The highest BCUT2D eigenvalue weighted by molar-refractivity contribution is 5.97. The first-order valence-corrected chi connectivity index (χ1v) is 7.93. The summed E-state index contributed by atoms with van der Waals surface area (Å²) in [5, 5.41) is 4.38. The maximum absolute atomic E-state index is 12.4. The van der Waals surface area contributed by atoms with Gasteiger partial charge in [-0.05, 0) is 29.7 Å². The van der Waals surface area contributed by atoms with Crippen LogP contribution in [-0.4, -0.2) is 25.6 Å². The van der Waals surface area contributed by atoms with E-state index in [0.29, 0.717) is 13.1 Å². The van der Waals surface area contributed by atoms with E-state index in [4.69, 9.17) is 0 Å². The number of aromatic nitrogens is 3. The molecular formula is C19H18N4O. The van der Waals surface area contributed by atoms with Gasteiger partial charge < -0.3 is 4.90 Å². The van der Waals surface area contributed by atoms with Crippen LogP contribution >= 0.6 is 0 Å². The molecule has 5 heteroatoms. The monoisotopic (exact) mass is 318 g/mol. The maximum atomic E-state index is 12.4. The zero-order chi connectivity index (χ0) is 16.7. The lowest BCUT2D eigenvalue weighted by molar-refractivity contribution is 0.0766. The van der Waals surface area contributed by atoms with E-state index in [0.717, 1.165) is 33.5 Å². The molecule has 0 spiro atoms. The number of carbonyl (C=O) groups is 1. The summed E-state index contributed by atoms with van der Waals surface area (Å²) >= 11 is 0. The molecule has 24 heavy (non-hydrogen) atoms. The number of fused-ring (bicyclic) bond motifs is 1. The summed E-state index contributed by atoms with van der Waals surface area (Å²) in [5.41, 5.74) is 6.19. The van der Waals surface area contributed by atoms with Crippen molar-refractivity contribution in [2.75, 3.05) is 0 Å². The van der Waals surface area contributed by atoms with Crippen LogP contribution in [0.3, 0.4) is 0 Å². The highest BCUT2D eigenvalue weighted by Crippen LogP contribution is 2.25. The fourth-order valence-electron chi connectivity index (χ4n) is 3.22. The second kappa shape index (κ2) is 5.60. The number of rotatable bonds is 3. The van der Waals surface area contributed by atoms with Gasteiger partial charge in [0.1, 0.15) is 0 Å². The molecular weight excluding hydrogens is 300 g/mol. The zero-order valence-corrected chi connectivity index (χ0v) is 13.7. The molecule has 3 aromatic rings. The molecule has 0 saturated carbocycles. The molecule has 2 aromatic heterocycles. The fraction of sp³-hybridized carbons (Fsp3) is 0.211. The van der Waals surface area contributed by atoms with E-state index in [1.165, 1.54) is 0 Å². The van der Waals surface area contributed by atoms with Crippen LogP contribution in [0.1, 0.15) is 27.2 Å². The van der Waals surface area contributed by atoms with E-state index < -0.39 is 0 Å². The van der Waals surface area contributed by atoms with Gasteiger partial charge in [-0.25, -0.2) is 0 Å². The fourth-order valence-corrected chi connectivity index (χ4v) is 3.22. The Balaban J connectivity index is 1.53. The van der Waals surface area contributed by atoms with Gasteiger partial charge in [-0.15, -0.1) is 0 Å². The molecule has 0 saturated heterocycles. The van der Waals surface area contributed by atoms with Gasteiger partial charge in [-0.2, -0.15) is 5.10 Å². The van der Waals surface area contributed by atoms with Gasteiger partial charge in [0, 0.05) is 44.3 Å². The molecule has 3 heterocycles. The van der Waals surface area contributed by atoms with Crippen molar-refractivity contribution < 1.29 is 4.79 Å². The Bertz CT molecular complexity index is 911. The van der Waals surface area contributed by atoms with Crippen LogP contribution in [-0.2, 0) is 20.1 Å².